The molecule has 2 aromatic carbocycles. The van der Waals surface area contributed by atoms with Crippen molar-refractivity contribution in [1.82, 2.24) is 4.72 Å². The van der Waals surface area contributed by atoms with Crippen LogP contribution < -0.4 is 9.86 Å². The Balaban J connectivity index is 2.32. The molecule has 1 atom stereocenters. The Morgan fingerprint density at radius 1 is 0.909 bits per heavy atom. The third-order valence-corrected chi connectivity index (χ3v) is 5.53. The molecule has 0 spiro atoms. The Morgan fingerprint density at radius 3 is 2.09 bits per heavy atom. The summed E-state index contributed by atoms with van der Waals surface area (Å²) >= 11 is 0. The molecule has 0 saturated heterocycles. The fourth-order valence-electron chi connectivity index (χ4n) is 1.93. The van der Waals surface area contributed by atoms with E-state index in [1.54, 1.807) is 19.1 Å². The van der Waals surface area contributed by atoms with Crippen LogP contribution in [0.15, 0.2) is 64.4 Å². The number of rotatable bonds is 5. The Bertz CT molecular complexity index is 863. The van der Waals surface area contributed by atoms with Gasteiger partial charge in [-0.15, -0.1) is 0 Å². The summed E-state index contributed by atoms with van der Waals surface area (Å²) in [4.78, 5) is -0.399. The number of hydrogen-bond donors (Lipinski definition) is 2. The normalized spacial score (nSPS) is 13.7. The average molecular weight is 340 g/mol. The molecule has 118 valence electrons. The van der Waals surface area contributed by atoms with Crippen LogP contribution in [0, 0.1) is 0 Å². The van der Waals surface area contributed by atoms with Gasteiger partial charge in [0.25, 0.3) is 0 Å². The van der Waals surface area contributed by atoms with Crippen LogP contribution in [-0.2, 0) is 20.0 Å². The van der Waals surface area contributed by atoms with E-state index >= 15 is 0 Å². The molecule has 2 rings (SSSR count). The van der Waals surface area contributed by atoms with E-state index in [0.717, 1.165) is 11.6 Å². The van der Waals surface area contributed by atoms with Crippen LogP contribution in [0.25, 0.3) is 0 Å². The Morgan fingerprint density at radius 2 is 1.50 bits per heavy atom. The van der Waals surface area contributed by atoms with Crippen LogP contribution in [0.2, 0.25) is 0 Å². The highest BCUT2D eigenvalue weighted by Crippen LogP contribution is 2.18. The van der Waals surface area contributed by atoms with Crippen LogP contribution in [0.3, 0.4) is 0 Å². The lowest BCUT2D eigenvalue weighted by atomic mass is 10.1. The van der Waals surface area contributed by atoms with Gasteiger partial charge in [-0.1, -0.05) is 36.4 Å². The lowest BCUT2D eigenvalue weighted by molar-refractivity contribution is 0.566. The largest absolute Gasteiger partial charge is 0.241 e. The van der Waals surface area contributed by atoms with Crippen molar-refractivity contribution in [1.29, 1.82) is 0 Å². The molecule has 0 amide bonds. The minimum absolute atomic E-state index is 0.151. The summed E-state index contributed by atoms with van der Waals surface area (Å²) in [6.45, 7) is 1.70. The SMILES string of the molecule is CC(NS(=O)(=O)c1cccc(S(N)(=O)=O)c1)c1ccccc1. The van der Waals surface area contributed by atoms with Crippen molar-refractivity contribution >= 4 is 20.0 Å². The number of sulfonamides is 2. The van der Waals surface area contributed by atoms with Gasteiger partial charge in [0.1, 0.15) is 0 Å². The number of nitrogens with two attached hydrogens (primary N) is 1. The number of nitrogens with one attached hydrogen (secondary N) is 1. The highest BCUT2D eigenvalue weighted by atomic mass is 32.2. The maximum atomic E-state index is 12.3. The zero-order valence-corrected chi connectivity index (χ0v) is 13.4. The molecule has 22 heavy (non-hydrogen) atoms. The van der Waals surface area contributed by atoms with Gasteiger partial charge in [-0.05, 0) is 30.7 Å². The third-order valence-electron chi connectivity index (χ3n) is 3.08. The summed E-state index contributed by atoms with van der Waals surface area (Å²) in [5, 5.41) is 5.02. The fraction of sp³-hybridized carbons (Fsp3) is 0.143. The predicted octanol–water partition coefficient (Wildman–Crippen LogP) is 1.37. The summed E-state index contributed by atoms with van der Waals surface area (Å²) in [5.41, 5.74) is 0.800. The second-order valence-electron chi connectivity index (χ2n) is 4.77. The summed E-state index contributed by atoms with van der Waals surface area (Å²) in [6, 6.07) is 13.5. The Hall–Kier alpha value is -1.74. The lowest BCUT2D eigenvalue weighted by Crippen LogP contribution is -2.27. The quantitative estimate of drug-likeness (QED) is 0.857. The van der Waals surface area contributed by atoms with Gasteiger partial charge in [-0.25, -0.2) is 26.7 Å². The van der Waals surface area contributed by atoms with Gasteiger partial charge in [0.15, 0.2) is 0 Å². The molecule has 8 heteroatoms. The molecule has 0 fully saturated rings. The monoisotopic (exact) mass is 340 g/mol. The van der Waals surface area contributed by atoms with E-state index in [4.69, 9.17) is 5.14 Å². The maximum absolute atomic E-state index is 12.3. The average Bonchev–Trinajstić information content (AvgIpc) is 2.47. The van der Waals surface area contributed by atoms with Crippen molar-refractivity contribution in [3.05, 3.63) is 60.2 Å². The van der Waals surface area contributed by atoms with Crippen LogP contribution in [0.1, 0.15) is 18.5 Å². The highest BCUT2D eigenvalue weighted by Gasteiger charge is 2.20. The molecule has 6 nitrogen and oxygen atoms in total. The van der Waals surface area contributed by atoms with Gasteiger partial charge in [0.05, 0.1) is 9.79 Å². The van der Waals surface area contributed by atoms with Gasteiger partial charge in [0.2, 0.25) is 20.0 Å². The molecule has 3 N–H and O–H groups in total. The van der Waals surface area contributed by atoms with E-state index in [-0.39, 0.29) is 9.79 Å². The zero-order chi connectivity index (χ0) is 16.4. The van der Waals surface area contributed by atoms with Crippen molar-refractivity contribution < 1.29 is 16.8 Å². The molecule has 0 saturated carbocycles. The minimum atomic E-state index is -3.96. The second kappa shape index (κ2) is 6.17. The van der Waals surface area contributed by atoms with Gasteiger partial charge in [-0.2, -0.15) is 0 Å². The predicted molar refractivity (Wildman–Crippen MR) is 83.0 cm³/mol. The summed E-state index contributed by atoms with van der Waals surface area (Å²) < 4.78 is 49.8. The van der Waals surface area contributed by atoms with Gasteiger partial charge >= 0.3 is 0 Å². The van der Waals surface area contributed by atoms with Crippen molar-refractivity contribution in [2.45, 2.75) is 22.8 Å². The lowest BCUT2D eigenvalue weighted by Gasteiger charge is -2.15. The van der Waals surface area contributed by atoms with E-state index < -0.39 is 26.1 Å². The molecule has 1 unspecified atom stereocenters. The summed E-state index contributed by atoms with van der Waals surface area (Å²) in [5.74, 6) is 0. The first-order valence-electron chi connectivity index (χ1n) is 6.40. The molecule has 0 aliphatic rings. The summed E-state index contributed by atoms with van der Waals surface area (Å²) in [7, 11) is -7.82. The molecule has 0 bridgehead atoms. The first-order valence-corrected chi connectivity index (χ1v) is 9.43. The van der Waals surface area contributed by atoms with Gasteiger partial charge in [-0.3, -0.25) is 0 Å². The number of benzene rings is 2. The van der Waals surface area contributed by atoms with Gasteiger partial charge < -0.3 is 0 Å². The highest BCUT2D eigenvalue weighted by molar-refractivity contribution is 7.90. The molecule has 0 radical (unpaired) electrons. The number of hydrogen-bond acceptors (Lipinski definition) is 4. The molecule has 0 aliphatic carbocycles. The summed E-state index contributed by atoms with van der Waals surface area (Å²) in [6.07, 6.45) is 0. The first-order chi connectivity index (χ1) is 10.2. The van der Waals surface area contributed by atoms with Crippen molar-refractivity contribution in [3.63, 3.8) is 0 Å². The maximum Gasteiger partial charge on any atom is 0.241 e. The topological polar surface area (TPSA) is 106 Å². The molecule has 0 aromatic heterocycles. The number of primary sulfonamides is 1. The molecular weight excluding hydrogens is 324 g/mol. The van der Waals surface area contributed by atoms with E-state index in [9.17, 15) is 16.8 Å². The van der Waals surface area contributed by atoms with E-state index in [1.165, 1.54) is 18.2 Å². The molecule has 0 heterocycles. The Labute approximate surface area is 130 Å². The fourth-order valence-corrected chi connectivity index (χ4v) is 3.84. The molecule has 0 aliphatic heterocycles. The van der Waals surface area contributed by atoms with Crippen LogP contribution in [-0.4, -0.2) is 16.8 Å². The Kier molecular flexibility index (Phi) is 4.66. The van der Waals surface area contributed by atoms with E-state index in [0.29, 0.717) is 0 Å². The molecular formula is C14H16N2O4S2. The molecule has 2 aromatic rings. The second-order valence-corrected chi connectivity index (χ2v) is 8.05. The van der Waals surface area contributed by atoms with Gasteiger partial charge in [0, 0.05) is 6.04 Å². The van der Waals surface area contributed by atoms with Crippen molar-refractivity contribution in [2.75, 3.05) is 0 Å². The van der Waals surface area contributed by atoms with Crippen LogP contribution in [0.5, 0.6) is 0 Å². The van der Waals surface area contributed by atoms with E-state index in [2.05, 4.69) is 4.72 Å². The van der Waals surface area contributed by atoms with Crippen LogP contribution >= 0.6 is 0 Å². The third kappa shape index (κ3) is 3.92. The van der Waals surface area contributed by atoms with E-state index in [1.807, 2.05) is 18.2 Å². The van der Waals surface area contributed by atoms with Crippen molar-refractivity contribution in [3.8, 4) is 0 Å². The first kappa shape index (κ1) is 16.6. The zero-order valence-electron chi connectivity index (χ0n) is 11.8. The van der Waals surface area contributed by atoms with Crippen LogP contribution in [0.4, 0.5) is 0 Å². The van der Waals surface area contributed by atoms with Crippen molar-refractivity contribution in [2.24, 2.45) is 5.14 Å². The minimum Gasteiger partial charge on any atom is -0.225 e. The smallest absolute Gasteiger partial charge is 0.225 e. The standard InChI is InChI=1S/C14H16N2O4S2/c1-11(12-6-3-2-4-7-12)16-22(19,20)14-9-5-8-13(10-14)21(15,17)18/h2-11,16H,1H3,(H2,15,17,18).